The van der Waals surface area contributed by atoms with Crippen molar-refractivity contribution < 1.29 is 22.4 Å². The van der Waals surface area contributed by atoms with Gasteiger partial charge in [-0.25, -0.2) is 4.79 Å². The summed E-state index contributed by atoms with van der Waals surface area (Å²) < 4.78 is 50.8. The lowest BCUT2D eigenvalue weighted by Gasteiger charge is -2.35. The smallest absolute Gasteiger partial charge is 0.351 e. The molecule has 2 heterocycles. The van der Waals surface area contributed by atoms with Gasteiger partial charge in [0, 0.05) is 6.20 Å². The summed E-state index contributed by atoms with van der Waals surface area (Å²) in [6.07, 6.45) is 0.508. The first-order valence-electron chi connectivity index (χ1n) is 10.7. The summed E-state index contributed by atoms with van der Waals surface area (Å²) in [6, 6.07) is 1.32. The number of alkyl halides is 2. The highest BCUT2D eigenvalue weighted by atomic mass is 28.4. The van der Waals surface area contributed by atoms with E-state index >= 15 is 8.78 Å². The molecule has 2 aliphatic carbocycles. The van der Waals surface area contributed by atoms with Crippen LogP contribution in [0.25, 0.3) is 0 Å². The average Bonchev–Trinajstić information content (AvgIpc) is 3.53. The van der Waals surface area contributed by atoms with Gasteiger partial charge in [0.25, 0.3) is 0 Å². The Kier molecular flexibility index (Phi) is 5.71. The zero-order valence-corrected chi connectivity index (χ0v) is 20.0. The fraction of sp³-hybridized carbons (Fsp3) is 0.789. The van der Waals surface area contributed by atoms with Crippen LogP contribution >= 0.6 is 0 Å². The number of nitrogens with two attached hydrogens (primary N) is 1. The van der Waals surface area contributed by atoms with Crippen molar-refractivity contribution in [3.63, 3.8) is 0 Å². The molecule has 1 aromatic rings. The second kappa shape index (κ2) is 7.77. The van der Waals surface area contributed by atoms with Gasteiger partial charge in [-0.15, -0.1) is 0 Å². The van der Waals surface area contributed by atoms with Crippen LogP contribution in [0.3, 0.4) is 0 Å². The van der Waals surface area contributed by atoms with Gasteiger partial charge in [0.1, 0.15) is 18.0 Å². The fourth-order valence-corrected chi connectivity index (χ4v) is 8.02. The van der Waals surface area contributed by atoms with Crippen LogP contribution in [0.1, 0.15) is 31.9 Å². The van der Waals surface area contributed by atoms with E-state index in [4.69, 9.17) is 19.3 Å². The maximum atomic E-state index is 15.8. The minimum atomic E-state index is -3.40. The number of nitrogens with zero attached hydrogens (tertiary/aromatic N) is 2. The molecule has 4 unspecified atom stereocenters. The number of halogens is 2. The SMILES string of the molecule is C[SiH](C)OC(C1CC1)C1OC(n2ccc(N)nc2=O)C(F)(F)C1O[Si](C)(C)C1CC1. The van der Waals surface area contributed by atoms with E-state index in [9.17, 15) is 4.79 Å². The van der Waals surface area contributed by atoms with Crippen LogP contribution in [-0.4, -0.2) is 51.1 Å². The van der Waals surface area contributed by atoms with Gasteiger partial charge in [0.15, 0.2) is 17.4 Å². The molecular formula is C19H31F2N3O4Si2. The summed E-state index contributed by atoms with van der Waals surface area (Å²) in [5.74, 6) is -3.23. The van der Waals surface area contributed by atoms with Crippen molar-refractivity contribution in [1.29, 1.82) is 0 Å². The Morgan fingerprint density at radius 3 is 2.53 bits per heavy atom. The topological polar surface area (TPSA) is 88.6 Å². The van der Waals surface area contributed by atoms with Gasteiger partial charge in [0.2, 0.25) is 6.23 Å². The number of aromatic nitrogens is 2. The largest absolute Gasteiger partial charge is 0.415 e. The van der Waals surface area contributed by atoms with Crippen LogP contribution < -0.4 is 11.4 Å². The molecule has 7 nitrogen and oxygen atoms in total. The van der Waals surface area contributed by atoms with Crippen LogP contribution in [0, 0.1) is 5.92 Å². The molecule has 3 aliphatic rings. The van der Waals surface area contributed by atoms with Crippen molar-refractivity contribution >= 4 is 23.2 Å². The monoisotopic (exact) mass is 459 g/mol. The van der Waals surface area contributed by atoms with E-state index in [1.54, 1.807) is 0 Å². The standard InChI is InChI=1S/C19H31F2N3O4Si2/c1-29(2)27-14(11-5-6-11)15-16(28-30(3,4)12-7-8-12)19(20,21)17(26-15)24-10-9-13(22)23-18(24)25/h9-12,14-17,29H,5-8H2,1-4H3,(H2,22,23,25). The van der Waals surface area contributed by atoms with Crippen LogP contribution in [-0.2, 0) is 13.6 Å². The molecule has 3 fully saturated rings. The Morgan fingerprint density at radius 1 is 1.33 bits per heavy atom. The van der Waals surface area contributed by atoms with Crippen molar-refractivity contribution in [3.05, 3.63) is 22.7 Å². The lowest BCUT2D eigenvalue weighted by Crippen LogP contribution is -2.52. The lowest BCUT2D eigenvalue weighted by atomic mass is 10.0. The Bertz CT molecular complexity index is 845. The number of nitrogen functional groups attached to an aromatic ring is 1. The maximum absolute atomic E-state index is 15.8. The molecule has 1 saturated heterocycles. The molecule has 2 N–H and O–H groups in total. The minimum absolute atomic E-state index is 0.0193. The van der Waals surface area contributed by atoms with Gasteiger partial charge >= 0.3 is 11.6 Å². The Labute approximate surface area is 177 Å². The first-order valence-corrected chi connectivity index (χ1v) is 16.5. The second-order valence-corrected chi connectivity index (χ2v) is 16.2. The highest BCUT2D eigenvalue weighted by molar-refractivity contribution is 6.73. The number of ether oxygens (including phenoxy) is 1. The summed E-state index contributed by atoms with van der Waals surface area (Å²) in [4.78, 5) is 15.9. The van der Waals surface area contributed by atoms with Crippen molar-refractivity contribution in [2.45, 2.75) is 87.9 Å². The third-order valence-corrected chi connectivity index (χ3v) is 10.5. The van der Waals surface area contributed by atoms with Crippen LogP contribution in [0.2, 0.25) is 31.7 Å². The highest BCUT2D eigenvalue weighted by Crippen LogP contribution is 2.53. The van der Waals surface area contributed by atoms with Crippen LogP contribution in [0.5, 0.6) is 0 Å². The van der Waals surface area contributed by atoms with Gasteiger partial charge in [-0.3, -0.25) is 4.57 Å². The molecule has 0 radical (unpaired) electrons. The van der Waals surface area contributed by atoms with E-state index in [0.717, 1.165) is 30.3 Å². The summed E-state index contributed by atoms with van der Waals surface area (Å²) in [6.45, 7) is 8.03. The average molecular weight is 460 g/mol. The van der Waals surface area contributed by atoms with E-state index in [1.165, 1.54) is 12.3 Å². The molecule has 1 aromatic heterocycles. The molecule has 1 aliphatic heterocycles. The van der Waals surface area contributed by atoms with E-state index in [1.807, 2.05) is 26.2 Å². The predicted octanol–water partition coefficient (Wildman–Crippen LogP) is 2.89. The first-order chi connectivity index (χ1) is 14.0. The zero-order valence-electron chi connectivity index (χ0n) is 17.9. The first kappa shape index (κ1) is 22.1. The molecule has 0 aromatic carbocycles. The van der Waals surface area contributed by atoms with Gasteiger partial charge in [-0.1, -0.05) is 12.8 Å². The van der Waals surface area contributed by atoms with E-state index in [2.05, 4.69) is 4.98 Å². The van der Waals surface area contributed by atoms with Crippen molar-refractivity contribution in [2.75, 3.05) is 5.73 Å². The molecule has 4 atom stereocenters. The van der Waals surface area contributed by atoms with Crippen molar-refractivity contribution in [3.8, 4) is 0 Å². The molecule has 2 saturated carbocycles. The molecule has 30 heavy (non-hydrogen) atoms. The van der Waals surface area contributed by atoms with Gasteiger partial charge in [-0.05, 0) is 56.6 Å². The predicted molar refractivity (Wildman–Crippen MR) is 114 cm³/mol. The zero-order chi connectivity index (χ0) is 21.8. The van der Waals surface area contributed by atoms with Gasteiger partial charge < -0.3 is 19.3 Å². The summed E-state index contributed by atoms with van der Waals surface area (Å²) in [7, 11) is -3.85. The molecule has 0 spiro atoms. The van der Waals surface area contributed by atoms with E-state index < -0.39 is 53.5 Å². The number of anilines is 1. The quantitative estimate of drug-likeness (QED) is 0.602. The normalized spacial score (nSPS) is 30.0. The molecule has 11 heteroatoms. The van der Waals surface area contributed by atoms with Crippen molar-refractivity contribution in [2.24, 2.45) is 5.92 Å². The van der Waals surface area contributed by atoms with Gasteiger partial charge in [-0.2, -0.15) is 13.8 Å². The lowest BCUT2D eigenvalue weighted by molar-refractivity contribution is -0.139. The van der Waals surface area contributed by atoms with Crippen molar-refractivity contribution in [1.82, 2.24) is 9.55 Å². The number of rotatable bonds is 8. The summed E-state index contributed by atoms with van der Waals surface area (Å²) in [5.41, 5.74) is 5.06. The Balaban J connectivity index is 1.71. The Morgan fingerprint density at radius 2 is 2.00 bits per heavy atom. The fourth-order valence-electron chi connectivity index (χ4n) is 4.32. The Hall–Kier alpha value is -1.15. The maximum Gasteiger partial charge on any atom is 0.351 e. The molecular weight excluding hydrogens is 428 g/mol. The van der Waals surface area contributed by atoms with Crippen LogP contribution in [0.15, 0.2) is 17.1 Å². The highest BCUT2D eigenvalue weighted by Gasteiger charge is 2.65. The minimum Gasteiger partial charge on any atom is -0.415 e. The summed E-state index contributed by atoms with van der Waals surface area (Å²) in [5, 5.41) is 0. The molecule has 4 rings (SSSR count). The number of hydrogen-bond donors (Lipinski definition) is 1. The molecule has 168 valence electrons. The van der Waals surface area contributed by atoms with E-state index in [0.29, 0.717) is 5.54 Å². The third-order valence-electron chi connectivity index (χ3n) is 6.23. The van der Waals surface area contributed by atoms with E-state index in [-0.39, 0.29) is 11.7 Å². The second-order valence-electron chi connectivity index (χ2n) is 9.57. The third kappa shape index (κ3) is 4.27. The van der Waals surface area contributed by atoms with Crippen LogP contribution in [0.4, 0.5) is 14.6 Å². The van der Waals surface area contributed by atoms with Gasteiger partial charge in [0.05, 0.1) is 6.10 Å². The molecule has 0 amide bonds. The number of hydrogen-bond acceptors (Lipinski definition) is 6. The molecule has 0 bridgehead atoms. The summed E-state index contributed by atoms with van der Waals surface area (Å²) >= 11 is 0.